The van der Waals surface area contributed by atoms with Gasteiger partial charge in [-0.1, -0.05) is 141 Å². The quantitative estimate of drug-likeness (QED) is 0.0529. The average molecular weight is 575 g/mol. The summed E-state index contributed by atoms with van der Waals surface area (Å²) in [6.07, 6.45) is 41.4. The van der Waals surface area contributed by atoms with Gasteiger partial charge in [-0.3, -0.25) is 4.79 Å². The molecule has 0 aliphatic heterocycles. The predicted molar refractivity (Wildman–Crippen MR) is 178 cm³/mol. The van der Waals surface area contributed by atoms with Crippen LogP contribution in [-0.2, 0) is 14.3 Å². The van der Waals surface area contributed by atoms with E-state index in [0.29, 0.717) is 18.3 Å². The summed E-state index contributed by atoms with van der Waals surface area (Å²) >= 11 is 0. The molecule has 1 rings (SSSR count). The molecule has 0 saturated heterocycles. The second kappa shape index (κ2) is 27.7. The smallest absolute Gasteiger partial charge is 0.305 e. The monoisotopic (exact) mass is 575 g/mol. The van der Waals surface area contributed by atoms with Gasteiger partial charge in [-0.2, -0.15) is 0 Å². The third kappa shape index (κ3) is 19.7. The lowest BCUT2D eigenvalue weighted by Crippen LogP contribution is -2.30. The maximum Gasteiger partial charge on any atom is 0.305 e. The number of hydrogen-bond donors (Lipinski definition) is 0. The molecule has 0 amide bonds. The molecule has 41 heavy (non-hydrogen) atoms. The minimum absolute atomic E-state index is 0.0664. The zero-order chi connectivity index (χ0) is 29.8. The fourth-order valence-corrected chi connectivity index (χ4v) is 6.81. The van der Waals surface area contributed by atoms with Crippen LogP contribution in [-0.4, -0.2) is 26.8 Å². The van der Waals surface area contributed by atoms with Crippen LogP contribution in [0.1, 0.15) is 168 Å². The van der Waals surface area contributed by atoms with Crippen molar-refractivity contribution < 1.29 is 14.3 Å². The Morgan fingerprint density at radius 2 is 1.17 bits per heavy atom. The van der Waals surface area contributed by atoms with Gasteiger partial charge in [0.05, 0.1) is 7.11 Å². The van der Waals surface area contributed by atoms with Gasteiger partial charge < -0.3 is 9.47 Å². The number of ether oxygens (including phenoxy) is 2. The summed E-state index contributed by atoms with van der Waals surface area (Å²) in [6, 6.07) is 0. The lowest BCUT2D eigenvalue weighted by atomic mass is 9.66. The average Bonchev–Trinajstić information content (AvgIpc) is 2.99. The number of carbonyl (C=O) groups excluding carboxylic acids is 1. The van der Waals surface area contributed by atoms with Crippen molar-refractivity contribution in [2.75, 3.05) is 20.8 Å². The maximum absolute atomic E-state index is 11.4. The number of allylic oxidation sites excluding steroid dienone is 4. The highest BCUT2D eigenvalue weighted by atomic mass is 16.5. The van der Waals surface area contributed by atoms with Crippen LogP contribution in [0.25, 0.3) is 0 Å². The molecule has 1 aliphatic carbocycles. The van der Waals surface area contributed by atoms with E-state index in [-0.39, 0.29) is 5.97 Å². The SMILES string of the molecule is CCCCCCC1C=CC(CCCCCCCC(=O)OC)C(C=CCCCCCCCCOC)C1CCCCCC. The lowest BCUT2D eigenvalue weighted by molar-refractivity contribution is -0.140. The Hall–Kier alpha value is -1.09. The number of esters is 1. The Morgan fingerprint density at radius 3 is 1.83 bits per heavy atom. The molecule has 3 heteroatoms. The van der Waals surface area contributed by atoms with Crippen molar-refractivity contribution in [3.05, 3.63) is 24.3 Å². The molecule has 0 heterocycles. The first kappa shape index (κ1) is 37.9. The molecule has 0 saturated carbocycles. The van der Waals surface area contributed by atoms with Crippen LogP contribution in [0.4, 0.5) is 0 Å². The van der Waals surface area contributed by atoms with E-state index in [0.717, 1.165) is 31.3 Å². The Balaban J connectivity index is 2.72. The van der Waals surface area contributed by atoms with E-state index in [1.165, 1.54) is 142 Å². The van der Waals surface area contributed by atoms with E-state index >= 15 is 0 Å². The van der Waals surface area contributed by atoms with E-state index < -0.39 is 0 Å². The minimum Gasteiger partial charge on any atom is -0.469 e. The molecule has 240 valence electrons. The maximum atomic E-state index is 11.4. The summed E-state index contributed by atoms with van der Waals surface area (Å²) in [5.41, 5.74) is 0. The molecule has 4 unspecified atom stereocenters. The number of methoxy groups -OCH3 is 2. The van der Waals surface area contributed by atoms with E-state index in [2.05, 4.69) is 38.2 Å². The van der Waals surface area contributed by atoms with Crippen molar-refractivity contribution >= 4 is 5.97 Å². The summed E-state index contributed by atoms with van der Waals surface area (Å²) in [7, 11) is 3.29. The largest absolute Gasteiger partial charge is 0.469 e. The summed E-state index contributed by atoms with van der Waals surface area (Å²) in [4.78, 5) is 11.4. The van der Waals surface area contributed by atoms with Gasteiger partial charge in [-0.25, -0.2) is 0 Å². The molecule has 0 bridgehead atoms. The summed E-state index contributed by atoms with van der Waals surface area (Å²) in [5.74, 6) is 2.94. The third-order valence-corrected chi connectivity index (χ3v) is 9.40. The van der Waals surface area contributed by atoms with Gasteiger partial charge in [0.1, 0.15) is 0 Å². The molecule has 0 spiro atoms. The highest BCUT2D eigenvalue weighted by molar-refractivity contribution is 5.68. The van der Waals surface area contributed by atoms with Gasteiger partial charge in [0.2, 0.25) is 0 Å². The summed E-state index contributed by atoms with van der Waals surface area (Å²) < 4.78 is 9.97. The van der Waals surface area contributed by atoms with Crippen LogP contribution in [0.5, 0.6) is 0 Å². The summed E-state index contributed by atoms with van der Waals surface area (Å²) in [6.45, 7) is 5.56. The molecule has 0 fully saturated rings. The van der Waals surface area contributed by atoms with Crippen LogP contribution in [0, 0.1) is 23.7 Å². The van der Waals surface area contributed by atoms with E-state index in [4.69, 9.17) is 9.47 Å². The van der Waals surface area contributed by atoms with E-state index in [1.807, 2.05) is 0 Å². The zero-order valence-corrected chi connectivity index (χ0v) is 28.0. The van der Waals surface area contributed by atoms with Crippen molar-refractivity contribution in [1.29, 1.82) is 0 Å². The summed E-state index contributed by atoms with van der Waals surface area (Å²) in [5, 5.41) is 0. The highest BCUT2D eigenvalue weighted by Crippen LogP contribution is 2.43. The second-order valence-corrected chi connectivity index (χ2v) is 12.9. The van der Waals surface area contributed by atoms with Gasteiger partial charge in [0.15, 0.2) is 0 Å². The fourth-order valence-electron chi connectivity index (χ4n) is 6.81. The number of carbonyl (C=O) groups is 1. The molecular weight excluding hydrogens is 504 g/mol. The van der Waals surface area contributed by atoms with Crippen molar-refractivity contribution in [3.63, 3.8) is 0 Å². The standard InChI is InChI=1S/C38H70O3/c1-5-7-9-20-26-34-31-32-35(27-21-16-15-18-24-30-38(39)41-4)37(36(34)28-22-10-8-6-2)29-23-17-13-11-12-14-19-25-33-40-3/h23,29,31-32,34-37H,5-22,24-28,30,33H2,1-4H3. The number of hydrogen-bond acceptors (Lipinski definition) is 3. The molecule has 0 aromatic heterocycles. The first-order chi connectivity index (χ1) is 20.2. The molecule has 0 aromatic rings. The normalized spacial score (nSPS) is 20.7. The Labute approximate surface area is 256 Å². The van der Waals surface area contributed by atoms with Gasteiger partial charge in [-0.05, 0) is 68.6 Å². The first-order valence-corrected chi connectivity index (χ1v) is 18.1. The van der Waals surface area contributed by atoms with Gasteiger partial charge in [0.25, 0.3) is 0 Å². The van der Waals surface area contributed by atoms with Gasteiger partial charge in [-0.15, -0.1) is 0 Å². The van der Waals surface area contributed by atoms with Crippen molar-refractivity contribution in [1.82, 2.24) is 0 Å². The fraction of sp³-hybridized carbons (Fsp3) is 0.868. The minimum atomic E-state index is -0.0664. The van der Waals surface area contributed by atoms with Crippen molar-refractivity contribution in [2.45, 2.75) is 168 Å². The predicted octanol–water partition coefficient (Wildman–Crippen LogP) is 11.8. The topological polar surface area (TPSA) is 35.5 Å². The molecule has 3 nitrogen and oxygen atoms in total. The van der Waals surface area contributed by atoms with Crippen molar-refractivity contribution in [3.8, 4) is 0 Å². The van der Waals surface area contributed by atoms with Gasteiger partial charge in [0, 0.05) is 20.1 Å². The molecule has 1 aliphatic rings. The number of unbranched alkanes of at least 4 members (excludes halogenated alkanes) is 16. The zero-order valence-electron chi connectivity index (χ0n) is 28.0. The van der Waals surface area contributed by atoms with Gasteiger partial charge >= 0.3 is 5.97 Å². The van der Waals surface area contributed by atoms with Crippen LogP contribution in [0.3, 0.4) is 0 Å². The number of rotatable bonds is 28. The van der Waals surface area contributed by atoms with Crippen molar-refractivity contribution in [2.24, 2.45) is 23.7 Å². The first-order valence-electron chi connectivity index (χ1n) is 18.1. The molecular formula is C38H70O3. The Bertz CT molecular complexity index is 639. The third-order valence-electron chi connectivity index (χ3n) is 9.40. The highest BCUT2D eigenvalue weighted by Gasteiger charge is 2.33. The molecule has 4 atom stereocenters. The van der Waals surface area contributed by atoms with Crippen LogP contribution in [0.2, 0.25) is 0 Å². The molecule has 0 radical (unpaired) electrons. The Morgan fingerprint density at radius 1 is 0.634 bits per heavy atom. The van der Waals surface area contributed by atoms with Crippen LogP contribution >= 0.6 is 0 Å². The van der Waals surface area contributed by atoms with Crippen LogP contribution < -0.4 is 0 Å². The van der Waals surface area contributed by atoms with E-state index in [9.17, 15) is 4.79 Å². The Kier molecular flexibility index (Phi) is 25.7. The lowest BCUT2D eigenvalue weighted by Gasteiger charge is -2.39. The molecule has 0 N–H and O–H groups in total. The van der Waals surface area contributed by atoms with E-state index in [1.54, 1.807) is 7.11 Å². The molecule has 0 aromatic carbocycles. The van der Waals surface area contributed by atoms with Crippen LogP contribution in [0.15, 0.2) is 24.3 Å². The second-order valence-electron chi connectivity index (χ2n) is 12.9.